The van der Waals surface area contributed by atoms with Crippen LogP contribution in [-0.4, -0.2) is 29.8 Å². The number of hydrogen-bond acceptors (Lipinski definition) is 5. The van der Waals surface area contributed by atoms with Crippen LogP contribution >= 0.6 is 0 Å². The molecule has 5 heteroatoms. The molecule has 0 bridgehead atoms. The fourth-order valence-corrected chi connectivity index (χ4v) is 3.27. The van der Waals surface area contributed by atoms with E-state index in [9.17, 15) is 0 Å². The van der Waals surface area contributed by atoms with Crippen LogP contribution in [-0.2, 0) is 6.54 Å². The van der Waals surface area contributed by atoms with E-state index in [1.54, 1.807) is 0 Å². The Balaban J connectivity index is 1.77. The minimum atomic E-state index is 0.645. The molecule has 0 aromatic carbocycles. The third-order valence-corrected chi connectivity index (χ3v) is 4.02. The highest BCUT2D eigenvalue weighted by Crippen LogP contribution is 2.38. The van der Waals surface area contributed by atoms with Crippen molar-refractivity contribution in [2.45, 2.75) is 44.7 Å². The third kappa shape index (κ3) is 2.04. The first kappa shape index (κ1) is 11.0. The standard InChI is InChI=1S/C12H20N4O/c1-13-8-11-14-15-12(17-11)16-7-3-5-9-4-2-6-10(9)16/h9-10,13H,2-8H2,1H3. The third-order valence-electron chi connectivity index (χ3n) is 4.02. The zero-order chi connectivity index (χ0) is 11.7. The molecule has 1 aliphatic carbocycles. The summed E-state index contributed by atoms with van der Waals surface area (Å²) in [5.41, 5.74) is 0. The lowest BCUT2D eigenvalue weighted by Gasteiger charge is -2.36. The van der Waals surface area contributed by atoms with E-state index in [-0.39, 0.29) is 0 Å². The van der Waals surface area contributed by atoms with Gasteiger partial charge in [0.15, 0.2) is 0 Å². The van der Waals surface area contributed by atoms with Crippen LogP contribution in [0.5, 0.6) is 0 Å². The van der Waals surface area contributed by atoms with E-state index in [1.807, 2.05) is 7.05 Å². The fraction of sp³-hybridized carbons (Fsp3) is 0.833. The van der Waals surface area contributed by atoms with Crippen LogP contribution in [0.25, 0.3) is 0 Å². The first-order valence-electron chi connectivity index (χ1n) is 6.62. The molecular formula is C12H20N4O. The number of nitrogens with one attached hydrogen (secondary N) is 1. The maximum atomic E-state index is 5.71. The Hall–Kier alpha value is -1.10. The molecule has 5 nitrogen and oxygen atoms in total. The van der Waals surface area contributed by atoms with E-state index in [4.69, 9.17) is 4.42 Å². The van der Waals surface area contributed by atoms with Gasteiger partial charge in [0.25, 0.3) is 0 Å². The molecule has 1 N–H and O–H groups in total. The summed E-state index contributed by atoms with van der Waals surface area (Å²) < 4.78 is 5.71. The number of aromatic nitrogens is 2. The topological polar surface area (TPSA) is 54.2 Å². The summed E-state index contributed by atoms with van der Waals surface area (Å²) in [6, 6.07) is 1.37. The van der Waals surface area contributed by atoms with Crippen molar-refractivity contribution in [3.63, 3.8) is 0 Å². The lowest BCUT2D eigenvalue weighted by atomic mass is 9.92. The van der Waals surface area contributed by atoms with Crippen LogP contribution in [0.4, 0.5) is 6.01 Å². The fourth-order valence-electron chi connectivity index (χ4n) is 3.27. The van der Waals surface area contributed by atoms with Crippen LogP contribution in [0, 0.1) is 5.92 Å². The first-order valence-corrected chi connectivity index (χ1v) is 6.62. The summed E-state index contributed by atoms with van der Waals surface area (Å²) in [4.78, 5) is 2.34. The molecule has 3 rings (SSSR count). The number of nitrogens with zero attached hydrogens (tertiary/aromatic N) is 3. The van der Waals surface area contributed by atoms with Crippen LogP contribution in [0.2, 0.25) is 0 Å². The second kappa shape index (κ2) is 4.64. The molecule has 2 unspecified atom stereocenters. The summed E-state index contributed by atoms with van der Waals surface area (Å²) in [5, 5.41) is 11.3. The molecule has 1 saturated heterocycles. The highest BCUT2D eigenvalue weighted by Gasteiger charge is 2.37. The number of piperidine rings is 1. The van der Waals surface area contributed by atoms with Crippen LogP contribution in [0.1, 0.15) is 38.0 Å². The Kier molecular flexibility index (Phi) is 3.01. The highest BCUT2D eigenvalue weighted by molar-refractivity contribution is 5.29. The quantitative estimate of drug-likeness (QED) is 0.863. The minimum Gasteiger partial charge on any atom is -0.407 e. The minimum absolute atomic E-state index is 0.645. The van der Waals surface area contributed by atoms with Crippen molar-refractivity contribution < 1.29 is 4.42 Å². The van der Waals surface area contributed by atoms with Crippen molar-refractivity contribution in [1.29, 1.82) is 0 Å². The molecule has 0 spiro atoms. The zero-order valence-corrected chi connectivity index (χ0v) is 10.4. The average molecular weight is 236 g/mol. The smallest absolute Gasteiger partial charge is 0.318 e. The van der Waals surface area contributed by atoms with E-state index in [1.165, 1.54) is 32.1 Å². The molecule has 1 aliphatic heterocycles. The summed E-state index contributed by atoms with van der Waals surface area (Å²) >= 11 is 0. The lowest BCUT2D eigenvalue weighted by Crippen LogP contribution is -2.42. The van der Waals surface area contributed by atoms with Gasteiger partial charge in [-0.05, 0) is 38.6 Å². The second-order valence-electron chi connectivity index (χ2n) is 5.10. The molecule has 2 aliphatic rings. The summed E-state index contributed by atoms with van der Waals surface area (Å²) in [6.07, 6.45) is 6.64. The summed E-state index contributed by atoms with van der Waals surface area (Å²) in [5.74, 6) is 1.53. The van der Waals surface area contributed by atoms with E-state index in [0.29, 0.717) is 18.5 Å². The van der Waals surface area contributed by atoms with E-state index < -0.39 is 0 Å². The largest absolute Gasteiger partial charge is 0.407 e. The number of hydrogen-bond donors (Lipinski definition) is 1. The molecular weight excluding hydrogens is 216 g/mol. The molecule has 1 saturated carbocycles. The van der Waals surface area contributed by atoms with E-state index in [2.05, 4.69) is 20.4 Å². The Bertz CT molecular complexity index is 378. The molecule has 2 atom stereocenters. The van der Waals surface area contributed by atoms with Crippen molar-refractivity contribution in [2.75, 3.05) is 18.5 Å². The zero-order valence-electron chi connectivity index (χ0n) is 10.4. The molecule has 1 aromatic heterocycles. The van der Waals surface area contributed by atoms with E-state index >= 15 is 0 Å². The number of rotatable bonds is 3. The molecule has 2 heterocycles. The molecule has 94 valence electrons. The van der Waals surface area contributed by atoms with Crippen molar-refractivity contribution in [2.24, 2.45) is 5.92 Å². The molecule has 1 aromatic rings. The Morgan fingerprint density at radius 2 is 2.18 bits per heavy atom. The summed E-state index contributed by atoms with van der Waals surface area (Å²) in [7, 11) is 1.89. The average Bonchev–Trinajstić information content (AvgIpc) is 2.96. The van der Waals surface area contributed by atoms with Crippen LogP contribution in [0.3, 0.4) is 0 Å². The number of fused-ring (bicyclic) bond motifs is 1. The van der Waals surface area contributed by atoms with Gasteiger partial charge in [-0.2, -0.15) is 0 Å². The van der Waals surface area contributed by atoms with Gasteiger partial charge in [0.05, 0.1) is 6.54 Å². The van der Waals surface area contributed by atoms with Gasteiger partial charge in [0.1, 0.15) is 0 Å². The van der Waals surface area contributed by atoms with Gasteiger partial charge < -0.3 is 14.6 Å². The number of anilines is 1. The van der Waals surface area contributed by atoms with Gasteiger partial charge in [0, 0.05) is 12.6 Å². The predicted molar refractivity (Wildman–Crippen MR) is 64.8 cm³/mol. The molecule has 0 radical (unpaired) electrons. The van der Waals surface area contributed by atoms with Crippen LogP contribution < -0.4 is 10.2 Å². The van der Waals surface area contributed by atoms with Gasteiger partial charge >= 0.3 is 6.01 Å². The normalized spacial score (nSPS) is 28.4. The second-order valence-corrected chi connectivity index (χ2v) is 5.10. The Labute approximate surface area is 102 Å². The van der Waals surface area contributed by atoms with Gasteiger partial charge in [0.2, 0.25) is 5.89 Å². The predicted octanol–water partition coefficient (Wildman–Crippen LogP) is 1.56. The highest BCUT2D eigenvalue weighted by atomic mass is 16.4. The van der Waals surface area contributed by atoms with Gasteiger partial charge in [-0.1, -0.05) is 11.5 Å². The lowest BCUT2D eigenvalue weighted by molar-refractivity contribution is 0.338. The van der Waals surface area contributed by atoms with Gasteiger partial charge in [-0.3, -0.25) is 0 Å². The van der Waals surface area contributed by atoms with Crippen molar-refractivity contribution >= 4 is 6.01 Å². The Morgan fingerprint density at radius 3 is 3.06 bits per heavy atom. The Morgan fingerprint density at radius 1 is 1.29 bits per heavy atom. The SMILES string of the molecule is CNCc1nnc(N2CCCC3CCCC32)o1. The van der Waals surface area contributed by atoms with Gasteiger partial charge in [-0.15, -0.1) is 5.10 Å². The molecule has 0 amide bonds. The summed E-state index contributed by atoms with van der Waals surface area (Å²) in [6.45, 7) is 1.72. The van der Waals surface area contributed by atoms with Gasteiger partial charge in [-0.25, -0.2) is 0 Å². The van der Waals surface area contributed by atoms with Crippen molar-refractivity contribution in [3.05, 3.63) is 5.89 Å². The van der Waals surface area contributed by atoms with Crippen LogP contribution in [0.15, 0.2) is 4.42 Å². The molecule has 2 fully saturated rings. The first-order chi connectivity index (χ1) is 8.38. The van der Waals surface area contributed by atoms with Crippen molar-refractivity contribution in [1.82, 2.24) is 15.5 Å². The maximum Gasteiger partial charge on any atom is 0.318 e. The van der Waals surface area contributed by atoms with Crippen molar-refractivity contribution in [3.8, 4) is 0 Å². The van der Waals surface area contributed by atoms with E-state index in [0.717, 1.165) is 18.5 Å². The monoisotopic (exact) mass is 236 g/mol. The maximum absolute atomic E-state index is 5.71. The molecule has 17 heavy (non-hydrogen) atoms.